The van der Waals surface area contributed by atoms with Gasteiger partial charge in [0.1, 0.15) is 0 Å². The summed E-state index contributed by atoms with van der Waals surface area (Å²) in [5, 5.41) is 10.7. The largest absolute Gasteiger partial charge is 1.00 e. The van der Waals surface area contributed by atoms with Crippen molar-refractivity contribution in [2.45, 2.75) is 20.3 Å². The zero-order valence-corrected chi connectivity index (χ0v) is 13.7. The topological polar surface area (TPSA) is 66.1 Å². The van der Waals surface area contributed by atoms with Gasteiger partial charge < -0.3 is 15.6 Å². The molecule has 0 spiro atoms. The van der Waals surface area contributed by atoms with Gasteiger partial charge in [0, 0.05) is 11.3 Å². The van der Waals surface area contributed by atoms with Gasteiger partial charge in [-0.2, -0.15) is 0 Å². The van der Waals surface area contributed by atoms with Crippen LogP contribution in [0.3, 0.4) is 0 Å². The summed E-state index contributed by atoms with van der Waals surface area (Å²) in [5.41, 5.74) is 7.63. The number of nitrogen functional groups attached to an aromatic ring is 1. The summed E-state index contributed by atoms with van der Waals surface area (Å²) >= 11 is 0. The first kappa shape index (κ1) is 14.3. The molecule has 1 rings (SSSR count). The number of carbonyl (C=O) groups excluding carboxylic acids is 1. The number of rotatable bonds is 2. The van der Waals surface area contributed by atoms with Crippen molar-refractivity contribution in [3.05, 3.63) is 28.8 Å². The van der Waals surface area contributed by atoms with Crippen LogP contribution in [0.5, 0.6) is 0 Å². The predicted octanol–water partition coefficient (Wildman–Crippen LogP) is -2.49. The molecule has 1 aromatic carbocycles. The number of carbonyl (C=O) groups is 1. The molecule has 70 valence electrons. The van der Waals surface area contributed by atoms with E-state index < -0.39 is 5.97 Å². The molecular weight excluding hydrogens is 252 g/mol. The van der Waals surface area contributed by atoms with Crippen LogP contribution in [0.25, 0.3) is 0 Å². The minimum absolute atomic E-state index is 0. The van der Waals surface area contributed by atoms with E-state index in [0.717, 1.165) is 12.0 Å². The van der Waals surface area contributed by atoms with Crippen LogP contribution in [0, 0.1) is 6.92 Å². The molecule has 1 aromatic rings. The van der Waals surface area contributed by atoms with Crippen LogP contribution in [0.15, 0.2) is 12.1 Å². The summed E-state index contributed by atoms with van der Waals surface area (Å²) in [5.74, 6) is -1.20. The molecule has 0 unspecified atom stereocenters. The molecule has 0 aromatic heterocycles. The van der Waals surface area contributed by atoms with Crippen molar-refractivity contribution in [2.75, 3.05) is 5.73 Å². The van der Waals surface area contributed by atoms with Crippen molar-refractivity contribution in [2.24, 2.45) is 0 Å². The second-order valence-electron chi connectivity index (χ2n) is 2.97. The Labute approximate surface area is 132 Å². The number of hydrogen-bond donors (Lipinski definition) is 1. The second kappa shape index (κ2) is 6.00. The third-order valence-electron chi connectivity index (χ3n) is 2.13. The normalized spacial score (nSPS) is 9.29. The summed E-state index contributed by atoms with van der Waals surface area (Å²) in [6.07, 6.45) is 0.729. The molecule has 0 heterocycles. The quantitative estimate of drug-likeness (QED) is 0.601. The van der Waals surface area contributed by atoms with E-state index >= 15 is 0 Å². The zero-order valence-electron chi connectivity index (χ0n) is 8.76. The molecule has 4 heteroatoms. The van der Waals surface area contributed by atoms with Crippen LogP contribution in [0.1, 0.15) is 28.4 Å². The molecule has 0 saturated carbocycles. The number of aryl methyl sites for hydroxylation is 2. The first-order valence-electron chi connectivity index (χ1n) is 4.17. The van der Waals surface area contributed by atoms with Crippen molar-refractivity contribution in [3.63, 3.8) is 0 Å². The summed E-state index contributed by atoms with van der Waals surface area (Å²) < 4.78 is 0. The number of carboxylic acid groups (broad SMARTS) is 1. The first-order valence-corrected chi connectivity index (χ1v) is 4.17. The van der Waals surface area contributed by atoms with Crippen LogP contribution in [0.2, 0.25) is 0 Å². The van der Waals surface area contributed by atoms with Gasteiger partial charge in [0.25, 0.3) is 0 Å². The maximum atomic E-state index is 10.7. The fourth-order valence-electron chi connectivity index (χ4n) is 1.35. The van der Waals surface area contributed by atoms with Gasteiger partial charge in [-0.25, -0.2) is 0 Å². The molecule has 0 radical (unpaired) electrons. The van der Waals surface area contributed by atoms with E-state index in [0.29, 0.717) is 11.3 Å². The predicted molar refractivity (Wildman–Crippen MR) is 49.3 cm³/mol. The zero-order chi connectivity index (χ0) is 10.0. The molecule has 0 aliphatic carbocycles. The van der Waals surface area contributed by atoms with Gasteiger partial charge in [0.2, 0.25) is 0 Å². The van der Waals surface area contributed by atoms with Crippen LogP contribution < -0.4 is 69.0 Å². The third kappa shape index (κ3) is 2.89. The van der Waals surface area contributed by atoms with Crippen LogP contribution in [-0.2, 0) is 6.42 Å². The van der Waals surface area contributed by atoms with Crippen molar-refractivity contribution >= 4 is 11.7 Å². The minimum Gasteiger partial charge on any atom is -0.545 e. The van der Waals surface area contributed by atoms with Crippen LogP contribution in [0.4, 0.5) is 5.69 Å². The van der Waals surface area contributed by atoms with Crippen LogP contribution in [-0.4, -0.2) is 5.97 Å². The number of benzene rings is 1. The van der Waals surface area contributed by atoms with Gasteiger partial charge in [0.05, 0.1) is 5.97 Å². The van der Waals surface area contributed by atoms with E-state index in [1.54, 1.807) is 13.0 Å². The van der Waals surface area contributed by atoms with E-state index in [9.17, 15) is 9.90 Å². The molecule has 0 saturated heterocycles. The maximum Gasteiger partial charge on any atom is 1.00 e. The second-order valence-corrected chi connectivity index (χ2v) is 2.97. The molecular formula is C10H12NO2Rb. The molecule has 0 aliphatic rings. The van der Waals surface area contributed by atoms with E-state index in [1.807, 2.05) is 13.0 Å². The first-order chi connectivity index (χ1) is 6.07. The van der Waals surface area contributed by atoms with Crippen molar-refractivity contribution in [1.29, 1.82) is 0 Å². The molecule has 14 heavy (non-hydrogen) atoms. The molecule has 0 aliphatic heterocycles. The molecule has 0 amide bonds. The summed E-state index contributed by atoms with van der Waals surface area (Å²) in [6.45, 7) is 3.64. The standard InChI is InChI=1S/C10H13NO2.Rb/c1-3-7-5-4-6(2)8(9(7)11)10(12)13;/h4-5H,3,11H2,1-2H3,(H,12,13);/q;+1/p-1. The van der Waals surface area contributed by atoms with Crippen molar-refractivity contribution < 1.29 is 68.1 Å². The van der Waals surface area contributed by atoms with Gasteiger partial charge in [-0.3, -0.25) is 0 Å². The Balaban J connectivity index is 0.00000169. The molecule has 0 atom stereocenters. The van der Waals surface area contributed by atoms with E-state index in [-0.39, 0.29) is 63.8 Å². The van der Waals surface area contributed by atoms with Gasteiger partial charge in [0.15, 0.2) is 0 Å². The molecule has 3 nitrogen and oxygen atoms in total. The number of nitrogens with two attached hydrogens (primary N) is 1. The van der Waals surface area contributed by atoms with Gasteiger partial charge in [-0.05, 0) is 24.5 Å². The van der Waals surface area contributed by atoms with Gasteiger partial charge in [-0.15, -0.1) is 0 Å². The Morgan fingerprint density at radius 2 is 2.07 bits per heavy atom. The Kier molecular flexibility index (Phi) is 6.13. The fourth-order valence-corrected chi connectivity index (χ4v) is 1.35. The molecule has 0 bridgehead atoms. The van der Waals surface area contributed by atoms with Gasteiger partial charge >= 0.3 is 58.2 Å². The molecule has 0 fully saturated rings. The SMILES string of the molecule is CCc1ccc(C)c(C(=O)[O-])c1N.[Rb+]. The van der Waals surface area contributed by atoms with Gasteiger partial charge in [-0.1, -0.05) is 19.1 Å². The van der Waals surface area contributed by atoms with Crippen molar-refractivity contribution in [3.8, 4) is 0 Å². The van der Waals surface area contributed by atoms with Crippen LogP contribution >= 0.6 is 0 Å². The monoisotopic (exact) mass is 263 g/mol. The Morgan fingerprint density at radius 1 is 1.50 bits per heavy atom. The minimum atomic E-state index is -1.20. The Morgan fingerprint density at radius 3 is 2.50 bits per heavy atom. The maximum absolute atomic E-state index is 10.7. The number of hydrogen-bond acceptors (Lipinski definition) is 3. The third-order valence-corrected chi connectivity index (χ3v) is 2.13. The summed E-state index contributed by atoms with van der Waals surface area (Å²) in [4.78, 5) is 10.7. The fraction of sp³-hybridized carbons (Fsp3) is 0.300. The van der Waals surface area contributed by atoms with E-state index in [2.05, 4.69) is 0 Å². The molecule has 2 N–H and O–H groups in total. The van der Waals surface area contributed by atoms with Crippen molar-refractivity contribution in [1.82, 2.24) is 0 Å². The smallest absolute Gasteiger partial charge is 0.545 e. The number of aromatic carboxylic acids is 1. The summed E-state index contributed by atoms with van der Waals surface area (Å²) in [6, 6.07) is 3.59. The van der Waals surface area contributed by atoms with E-state index in [1.165, 1.54) is 0 Å². The average molecular weight is 264 g/mol. The number of carboxylic acids is 1. The average Bonchev–Trinajstić information content (AvgIpc) is 2.04. The number of anilines is 1. The summed E-state index contributed by atoms with van der Waals surface area (Å²) in [7, 11) is 0. The Hall–Kier alpha value is 0.295. The Bertz CT molecular complexity index is 350. The van der Waals surface area contributed by atoms with E-state index in [4.69, 9.17) is 5.73 Å².